The van der Waals surface area contributed by atoms with Crippen LogP contribution in [0.2, 0.25) is 5.02 Å². The predicted molar refractivity (Wildman–Crippen MR) is 146 cm³/mol. The molecule has 2 aliphatic rings. The minimum atomic E-state index is -4.81. The standard InChI is InChI=1S/C27H17ClF3N3O5S2/c28-13-7-9-14(10-8-13)32-18(35)12-33-25-22(41-26(33)38)19(17-6-3-11-39-17)20-21(40-25)24(37)34(23(20)36)16-5-2-1-4-15(16)27(29,30)31/h1-11,19-21H,12H2,(H,32,35)/t19-,20?,21?/m1/s1. The highest BCUT2D eigenvalue weighted by molar-refractivity contribution is 8.00. The zero-order valence-corrected chi connectivity index (χ0v) is 22.9. The number of hydrogen-bond acceptors (Lipinski definition) is 7. The average molecular weight is 620 g/mol. The Morgan fingerprint density at radius 1 is 1.00 bits per heavy atom. The van der Waals surface area contributed by atoms with Gasteiger partial charge in [0.2, 0.25) is 17.7 Å². The number of carbonyl (C=O) groups excluding carboxylic acids is 3. The molecule has 4 aromatic rings. The Balaban J connectivity index is 1.40. The maximum absolute atomic E-state index is 13.8. The van der Waals surface area contributed by atoms with Crippen LogP contribution < -0.4 is 15.1 Å². The molecule has 2 aromatic heterocycles. The van der Waals surface area contributed by atoms with Gasteiger partial charge in [0.15, 0.2) is 0 Å². The molecule has 0 bridgehead atoms. The number of hydrogen-bond donors (Lipinski definition) is 1. The highest BCUT2D eigenvalue weighted by Gasteiger charge is 2.58. The smallest absolute Gasteiger partial charge is 0.418 e. The molecule has 3 amide bonds. The Labute approximate surface area is 242 Å². The first kappa shape index (κ1) is 27.4. The molecule has 4 heterocycles. The Bertz CT molecular complexity index is 1730. The molecule has 1 saturated heterocycles. The van der Waals surface area contributed by atoms with Crippen LogP contribution in [0, 0.1) is 5.92 Å². The number of aromatic nitrogens is 1. The molecular formula is C27H17ClF3N3O5S2. The maximum Gasteiger partial charge on any atom is 0.418 e. The summed E-state index contributed by atoms with van der Waals surface area (Å²) in [6, 6.07) is 13.9. The molecule has 1 fully saturated rings. The number of thiazole rings is 1. The van der Waals surface area contributed by atoms with Gasteiger partial charge in [-0.25, -0.2) is 4.90 Å². The Kier molecular flexibility index (Phi) is 6.83. The van der Waals surface area contributed by atoms with Crippen LogP contribution in [0.5, 0.6) is 0 Å². The van der Waals surface area contributed by atoms with Crippen molar-refractivity contribution in [1.82, 2.24) is 4.57 Å². The van der Waals surface area contributed by atoms with Crippen LogP contribution in [0.1, 0.15) is 22.1 Å². The van der Waals surface area contributed by atoms with Crippen molar-refractivity contribution in [3.05, 3.63) is 97.8 Å². The van der Waals surface area contributed by atoms with Crippen LogP contribution in [0.3, 0.4) is 0 Å². The van der Waals surface area contributed by atoms with Gasteiger partial charge in [-0.3, -0.25) is 23.7 Å². The van der Waals surface area contributed by atoms with Gasteiger partial charge in [0.05, 0.1) is 39.3 Å². The fraction of sp³-hybridized carbons (Fsp3) is 0.185. The number of fused-ring (bicyclic) bond motifs is 2. The number of benzene rings is 2. The van der Waals surface area contributed by atoms with Gasteiger partial charge in [-0.05, 0) is 48.5 Å². The molecule has 3 atom stereocenters. The second kappa shape index (κ2) is 10.2. The summed E-state index contributed by atoms with van der Waals surface area (Å²) in [6.07, 6.45) is -3.45. The lowest BCUT2D eigenvalue weighted by Gasteiger charge is -2.29. The number of halogens is 4. The molecule has 0 radical (unpaired) electrons. The van der Waals surface area contributed by atoms with Crippen LogP contribution in [-0.2, 0) is 27.1 Å². The summed E-state index contributed by atoms with van der Waals surface area (Å²) in [4.78, 5) is 53.9. The van der Waals surface area contributed by atoms with Crippen molar-refractivity contribution in [2.75, 3.05) is 10.2 Å². The first-order valence-corrected chi connectivity index (χ1v) is 14.1. The van der Waals surface area contributed by atoms with Crippen molar-refractivity contribution in [1.29, 1.82) is 0 Å². The number of nitrogens with zero attached hydrogens (tertiary/aromatic N) is 2. The third kappa shape index (κ3) is 4.77. The summed E-state index contributed by atoms with van der Waals surface area (Å²) < 4.78 is 48.3. The van der Waals surface area contributed by atoms with Gasteiger partial charge >= 0.3 is 11.0 Å². The number of para-hydroxylation sites is 1. The van der Waals surface area contributed by atoms with Crippen molar-refractivity contribution < 1.29 is 32.0 Å². The predicted octanol–water partition coefficient (Wildman–Crippen LogP) is 5.61. The SMILES string of the molecule is O=C(Cn1c2c(sc1=O)[C@H](c1ccco1)C1C(=O)N(c3ccccc3C(F)(F)F)C(=O)C1S2)Nc1ccc(Cl)cc1. The molecule has 2 unspecified atom stereocenters. The van der Waals surface area contributed by atoms with Gasteiger partial charge in [-0.15, -0.1) is 0 Å². The molecule has 6 rings (SSSR count). The van der Waals surface area contributed by atoms with Crippen LogP contribution in [0.4, 0.5) is 24.5 Å². The van der Waals surface area contributed by atoms with Gasteiger partial charge in [0.25, 0.3) is 0 Å². The van der Waals surface area contributed by atoms with E-state index in [1.165, 1.54) is 23.0 Å². The second-order valence-corrected chi connectivity index (χ2v) is 11.8. The third-order valence-corrected chi connectivity index (χ3v) is 9.63. The van der Waals surface area contributed by atoms with Crippen molar-refractivity contribution >= 4 is 63.8 Å². The van der Waals surface area contributed by atoms with Crippen LogP contribution >= 0.6 is 34.7 Å². The van der Waals surface area contributed by atoms with Gasteiger partial charge in [0, 0.05) is 10.7 Å². The lowest BCUT2D eigenvalue weighted by molar-refractivity contribution is -0.137. The normalized spacial score (nSPS) is 20.2. The highest BCUT2D eigenvalue weighted by Crippen LogP contribution is 2.54. The second-order valence-electron chi connectivity index (χ2n) is 9.26. The fourth-order valence-corrected chi connectivity index (χ4v) is 7.93. The zero-order valence-electron chi connectivity index (χ0n) is 20.6. The summed E-state index contributed by atoms with van der Waals surface area (Å²) in [5, 5.41) is 2.27. The number of imide groups is 1. The number of amides is 3. The van der Waals surface area contributed by atoms with Crippen molar-refractivity contribution in [3.8, 4) is 0 Å². The molecule has 8 nitrogen and oxygen atoms in total. The minimum absolute atomic E-state index is 0.271. The molecule has 0 saturated carbocycles. The molecule has 0 spiro atoms. The number of nitrogens with one attached hydrogen (secondary N) is 1. The summed E-state index contributed by atoms with van der Waals surface area (Å²) >= 11 is 7.58. The number of furan rings is 1. The van der Waals surface area contributed by atoms with E-state index in [0.717, 1.165) is 35.2 Å². The van der Waals surface area contributed by atoms with E-state index < -0.39 is 63.7 Å². The van der Waals surface area contributed by atoms with Gasteiger partial charge in [0.1, 0.15) is 17.6 Å². The van der Waals surface area contributed by atoms with E-state index in [-0.39, 0.29) is 10.8 Å². The monoisotopic (exact) mass is 619 g/mol. The van der Waals surface area contributed by atoms with Gasteiger partial charge < -0.3 is 9.73 Å². The van der Waals surface area contributed by atoms with E-state index in [0.29, 0.717) is 20.5 Å². The number of alkyl halides is 3. The molecule has 41 heavy (non-hydrogen) atoms. The van der Waals surface area contributed by atoms with E-state index in [4.69, 9.17) is 16.0 Å². The molecular weight excluding hydrogens is 603 g/mol. The maximum atomic E-state index is 13.8. The van der Waals surface area contributed by atoms with Crippen molar-refractivity contribution in [3.63, 3.8) is 0 Å². The number of rotatable bonds is 5. The summed E-state index contributed by atoms with van der Waals surface area (Å²) in [5.41, 5.74) is -1.23. The van der Waals surface area contributed by atoms with Crippen molar-refractivity contribution in [2.24, 2.45) is 5.92 Å². The molecule has 2 aliphatic heterocycles. The first-order chi connectivity index (χ1) is 19.5. The Hall–Kier alpha value is -3.81. The zero-order chi connectivity index (χ0) is 29.1. The first-order valence-electron chi connectivity index (χ1n) is 12.1. The highest BCUT2D eigenvalue weighted by atomic mass is 35.5. The summed E-state index contributed by atoms with van der Waals surface area (Å²) in [6.45, 7) is -0.398. The van der Waals surface area contributed by atoms with E-state index >= 15 is 0 Å². The van der Waals surface area contributed by atoms with E-state index in [1.807, 2.05) is 0 Å². The van der Waals surface area contributed by atoms with E-state index in [2.05, 4.69) is 5.32 Å². The molecule has 1 N–H and O–H groups in total. The number of anilines is 2. The number of thioether (sulfide) groups is 1. The fourth-order valence-electron chi connectivity index (χ4n) is 5.05. The number of carbonyl (C=O) groups is 3. The van der Waals surface area contributed by atoms with Crippen LogP contribution in [0.25, 0.3) is 0 Å². The lowest BCUT2D eigenvalue weighted by atomic mass is 9.86. The van der Waals surface area contributed by atoms with E-state index in [1.54, 1.807) is 36.4 Å². The Morgan fingerprint density at radius 2 is 1.73 bits per heavy atom. The summed E-state index contributed by atoms with van der Waals surface area (Å²) in [5.74, 6) is -4.00. The molecule has 14 heteroatoms. The quantitative estimate of drug-likeness (QED) is 0.292. The Morgan fingerprint density at radius 3 is 2.41 bits per heavy atom. The van der Waals surface area contributed by atoms with Crippen LogP contribution in [0.15, 0.2) is 81.2 Å². The van der Waals surface area contributed by atoms with Crippen LogP contribution in [-0.4, -0.2) is 27.5 Å². The van der Waals surface area contributed by atoms with Gasteiger partial charge in [-0.1, -0.05) is 46.8 Å². The topological polar surface area (TPSA) is 102 Å². The third-order valence-electron chi connectivity index (χ3n) is 6.78. The molecule has 2 aromatic carbocycles. The largest absolute Gasteiger partial charge is 0.469 e. The molecule has 0 aliphatic carbocycles. The van der Waals surface area contributed by atoms with Gasteiger partial charge in [-0.2, -0.15) is 13.2 Å². The van der Waals surface area contributed by atoms with Crippen molar-refractivity contribution in [2.45, 2.75) is 28.9 Å². The average Bonchev–Trinajstić information content (AvgIpc) is 3.62. The minimum Gasteiger partial charge on any atom is -0.469 e. The summed E-state index contributed by atoms with van der Waals surface area (Å²) in [7, 11) is 0. The van der Waals surface area contributed by atoms with E-state index in [9.17, 15) is 32.3 Å². The molecule has 210 valence electrons. The lowest BCUT2D eigenvalue weighted by Crippen LogP contribution is -2.33.